The van der Waals surface area contributed by atoms with Crippen LogP contribution in [0.3, 0.4) is 0 Å². The molecule has 6 nitrogen and oxygen atoms in total. The molecule has 2 atom stereocenters. The number of aryl methyl sites for hydroxylation is 2. The molecule has 0 aliphatic carbocycles. The van der Waals surface area contributed by atoms with E-state index in [9.17, 15) is 23.5 Å². The molecule has 2 aromatic rings. The number of benzene rings is 2. The molecule has 3 rings (SSSR count). The van der Waals surface area contributed by atoms with Crippen LogP contribution in [0.1, 0.15) is 23.6 Å². The number of ether oxygens (including phenoxy) is 1. The summed E-state index contributed by atoms with van der Waals surface area (Å²) in [5.41, 5.74) is -0.0513. The third-order valence-electron chi connectivity index (χ3n) is 4.77. The number of β-amino-alcohol motifs (C(OH)–C–C–N with tert-alkyl or cyclic N) is 1. The van der Waals surface area contributed by atoms with Crippen molar-refractivity contribution >= 4 is 11.9 Å². The zero-order chi connectivity index (χ0) is 21.3. The fourth-order valence-corrected chi connectivity index (χ4v) is 3.40. The van der Waals surface area contributed by atoms with Gasteiger partial charge < -0.3 is 15.2 Å². The van der Waals surface area contributed by atoms with Gasteiger partial charge in [-0.05, 0) is 62.2 Å². The average Bonchev–Trinajstić information content (AvgIpc) is 2.85. The fourth-order valence-electron chi connectivity index (χ4n) is 3.40. The Balaban J connectivity index is 1.70. The first-order valence-corrected chi connectivity index (χ1v) is 9.09. The Labute approximate surface area is 167 Å². The first-order valence-electron chi connectivity index (χ1n) is 9.09. The SMILES string of the molecule is Cc1cc(C)cc(OC[C@@H](O)CN2C(=O)N[C@](C)(c3cc(F)ccc3F)C2=O)c1. The lowest BCUT2D eigenvalue weighted by molar-refractivity contribution is -0.132. The molecule has 1 heterocycles. The van der Waals surface area contributed by atoms with E-state index in [-0.39, 0.29) is 18.7 Å². The molecule has 1 aliphatic heterocycles. The quantitative estimate of drug-likeness (QED) is 0.726. The van der Waals surface area contributed by atoms with Gasteiger partial charge in [0.05, 0.1) is 6.54 Å². The third-order valence-corrected chi connectivity index (χ3v) is 4.77. The minimum Gasteiger partial charge on any atom is -0.491 e. The van der Waals surface area contributed by atoms with Crippen molar-refractivity contribution in [2.75, 3.05) is 13.2 Å². The number of hydrogen-bond donors (Lipinski definition) is 2. The van der Waals surface area contributed by atoms with Crippen LogP contribution >= 0.6 is 0 Å². The molecule has 0 radical (unpaired) electrons. The van der Waals surface area contributed by atoms with Crippen LogP contribution in [0.2, 0.25) is 0 Å². The number of aliphatic hydroxyl groups excluding tert-OH is 1. The van der Waals surface area contributed by atoms with E-state index in [0.717, 1.165) is 34.2 Å². The molecule has 0 bridgehead atoms. The predicted molar refractivity (Wildman–Crippen MR) is 101 cm³/mol. The molecule has 2 N–H and O–H groups in total. The molecule has 154 valence electrons. The average molecular weight is 404 g/mol. The molecule has 8 heteroatoms. The lowest BCUT2D eigenvalue weighted by Gasteiger charge is -2.23. The van der Waals surface area contributed by atoms with Crippen molar-refractivity contribution < 1.29 is 28.2 Å². The number of amides is 3. The molecule has 0 spiro atoms. The number of carbonyl (C=O) groups excluding carboxylic acids is 2. The monoisotopic (exact) mass is 404 g/mol. The number of carbonyl (C=O) groups is 2. The van der Waals surface area contributed by atoms with Crippen LogP contribution in [-0.2, 0) is 10.3 Å². The van der Waals surface area contributed by atoms with Crippen molar-refractivity contribution in [3.05, 3.63) is 64.7 Å². The van der Waals surface area contributed by atoms with Gasteiger partial charge in [0.2, 0.25) is 0 Å². The molecule has 0 saturated carbocycles. The van der Waals surface area contributed by atoms with Gasteiger partial charge in [0.15, 0.2) is 0 Å². The molecule has 0 unspecified atom stereocenters. The van der Waals surface area contributed by atoms with Crippen LogP contribution < -0.4 is 10.1 Å². The van der Waals surface area contributed by atoms with Crippen molar-refractivity contribution in [1.29, 1.82) is 0 Å². The molecular weight excluding hydrogens is 382 g/mol. The van der Waals surface area contributed by atoms with Crippen LogP contribution in [0.4, 0.5) is 13.6 Å². The van der Waals surface area contributed by atoms with Gasteiger partial charge in [0, 0.05) is 5.56 Å². The van der Waals surface area contributed by atoms with Crippen molar-refractivity contribution in [2.45, 2.75) is 32.4 Å². The highest BCUT2D eigenvalue weighted by atomic mass is 19.1. The maximum atomic E-state index is 14.2. The summed E-state index contributed by atoms with van der Waals surface area (Å²) >= 11 is 0. The van der Waals surface area contributed by atoms with Gasteiger partial charge in [-0.1, -0.05) is 6.07 Å². The zero-order valence-corrected chi connectivity index (χ0v) is 16.3. The number of aliphatic hydroxyl groups is 1. The number of halogens is 2. The highest BCUT2D eigenvalue weighted by Gasteiger charge is 2.50. The second-order valence-corrected chi connectivity index (χ2v) is 7.38. The summed E-state index contributed by atoms with van der Waals surface area (Å²) in [4.78, 5) is 25.9. The molecule has 3 amide bonds. The maximum Gasteiger partial charge on any atom is 0.325 e. The van der Waals surface area contributed by atoms with Crippen molar-refractivity contribution in [2.24, 2.45) is 0 Å². The summed E-state index contributed by atoms with van der Waals surface area (Å²) in [6.45, 7) is 4.63. The predicted octanol–water partition coefficient (Wildman–Crippen LogP) is 2.79. The van der Waals surface area contributed by atoms with Crippen LogP contribution in [0.5, 0.6) is 5.75 Å². The van der Waals surface area contributed by atoms with Crippen molar-refractivity contribution in [1.82, 2.24) is 10.2 Å². The Morgan fingerprint density at radius 1 is 1.14 bits per heavy atom. The number of nitrogens with one attached hydrogen (secondary N) is 1. The van der Waals surface area contributed by atoms with Gasteiger partial charge in [0.1, 0.15) is 35.6 Å². The second kappa shape index (κ2) is 7.79. The fraction of sp³-hybridized carbons (Fsp3) is 0.333. The third kappa shape index (κ3) is 4.22. The van der Waals surface area contributed by atoms with Crippen LogP contribution in [0, 0.1) is 25.5 Å². The topological polar surface area (TPSA) is 78.9 Å². The molecular formula is C21H22F2N2O4. The maximum absolute atomic E-state index is 14.2. The smallest absolute Gasteiger partial charge is 0.325 e. The summed E-state index contributed by atoms with van der Waals surface area (Å²) in [7, 11) is 0. The van der Waals surface area contributed by atoms with E-state index >= 15 is 0 Å². The Morgan fingerprint density at radius 2 is 1.79 bits per heavy atom. The second-order valence-electron chi connectivity index (χ2n) is 7.38. The van der Waals surface area contributed by atoms with Crippen molar-refractivity contribution in [3.8, 4) is 5.75 Å². The summed E-state index contributed by atoms with van der Waals surface area (Å²) in [5.74, 6) is -1.77. The summed E-state index contributed by atoms with van der Waals surface area (Å²) in [6.07, 6.45) is -1.16. The van der Waals surface area contributed by atoms with Gasteiger partial charge in [0.25, 0.3) is 5.91 Å². The largest absolute Gasteiger partial charge is 0.491 e. The first kappa shape index (κ1) is 20.7. The number of rotatable bonds is 6. The Bertz CT molecular complexity index is 945. The van der Waals surface area contributed by atoms with Gasteiger partial charge >= 0.3 is 6.03 Å². The number of urea groups is 1. The van der Waals surface area contributed by atoms with E-state index in [2.05, 4.69) is 5.32 Å². The van der Waals surface area contributed by atoms with Crippen molar-refractivity contribution in [3.63, 3.8) is 0 Å². The molecule has 1 fully saturated rings. The minimum atomic E-state index is -1.77. The van der Waals surface area contributed by atoms with Gasteiger partial charge in [-0.15, -0.1) is 0 Å². The molecule has 2 aromatic carbocycles. The van der Waals surface area contributed by atoms with Crippen LogP contribution in [0.25, 0.3) is 0 Å². The standard InChI is InChI=1S/C21H22F2N2O4/c1-12-6-13(2)8-16(7-12)29-11-15(26)10-25-19(27)21(3,24-20(25)28)17-9-14(22)4-5-18(17)23/h4-9,15,26H,10-11H2,1-3H3,(H,24,28)/t15-,21+/m0/s1. The number of imide groups is 1. The zero-order valence-electron chi connectivity index (χ0n) is 16.3. The number of hydrogen-bond acceptors (Lipinski definition) is 4. The Kier molecular flexibility index (Phi) is 5.57. The molecule has 29 heavy (non-hydrogen) atoms. The molecule has 1 aliphatic rings. The lowest BCUT2D eigenvalue weighted by Crippen LogP contribution is -2.43. The van der Waals surface area contributed by atoms with E-state index in [4.69, 9.17) is 4.74 Å². The Morgan fingerprint density at radius 3 is 2.45 bits per heavy atom. The highest BCUT2D eigenvalue weighted by molar-refractivity contribution is 6.07. The van der Waals surface area contributed by atoms with E-state index in [1.807, 2.05) is 19.9 Å². The molecule has 0 aromatic heterocycles. The highest BCUT2D eigenvalue weighted by Crippen LogP contribution is 2.31. The van der Waals surface area contributed by atoms with E-state index < -0.39 is 35.2 Å². The minimum absolute atomic E-state index is 0.148. The lowest BCUT2D eigenvalue weighted by atomic mass is 9.91. The number of nitrogens with zero attached hydrogens (tertiary/aromatic N) is 1. The van der Waals surface area contributed by atoms with E-state index in [1.165, 1.54) is 6.92 Å². The van der Waals surface area contributed by atoms with Gasteiger partial charge in [-0.25, -0.2) is 13.6 Å². The Hall–Kier alpha value is -3.00. The summed E-state index contributed by atoms with van der Waals surface area (Å²) in [6, 6.07) is 7.47. The van der Waals surface area contributed by atoms with Gasteiger partial charge in [-0.3, -0.25) is 9.69 Å². The molecule has 1 saturated heterocycles. The van der Waals surface area contributed by atoms with E-state index in [1.54, 1.807) is 12.1 Å². The first-order chi connectivity index (χ1) is 13.6. The summed E-state index contributed by atoms with van der Waals surface area (Å²) in [5, 5.41) is 12.6. The normalized spacial score (nSPS) is 20.0. The van der Waals surface area contributed by atoms with Gasteiger partial charge in [-0.2, -0.15) is 0 Å². The van der Waals surface area contributed by atoms with Crippen LogP contribution in [0.15, 0.2) is 36.4 Å². The summed E-state index contributed by atoms with van der Waals surface area (Å²) < 4.78 is 33.3. The van der Waals surface area contributed by atoms with Crippen LogP contribution in [-0.4, -0.2) is 41.2 Å². The van der Waals surface area contributed by atoms with E-state index in [0.29, 0.717) is 5.75 Å².